The SMILES string of the molecule is Cc1coc2ccc3sc4ncnc(-c5cc(C(C)(C)C)c6ccccc6c5)c4c3c12. The topological polar surface area (TPSA) is 38.9 Å². The second kappa shape index (κ2) is 6.38. The third kappa shape index (κ3) is 2.71. The van der Waals surface area contributed by atoms with Gasteiger partial charge in [0.15, 0.2) is 0 Å². The maximum atomic E-state index is 5.81. The first-order valence-corrected chi connectivity index (χ1v) is 11.3. The molecule has 4 heteroatoms. The van der Waals surface area contributed by atoms with Gasteiger partial charge in [0.05, 0.1) is 12.0 Å². The molecule has 0 spiro atoms. The van der Waals surface area contributed by atoms with Crippen LogP contribution in [0.1, 0.15) is 31.9 Å². The van der Waals surface area contributed by atoms with Crippen LogP contribution in [0.25, 0.3) is 53.3 Å². The standard InChI is InChI=1S/C27H22N2OS/c1-15-13-30-20-9-10-21-23(22(15)20)24-25(28-14-29-26(24)31-21)17-11-16-7-5-6-8-18(16)19(12-17)27(2,3)4/h5-14H,1-4H3. The van der Waals surface area contributed by atoms with Crippen LogP contribution >= 0.6 is 11.3 Å². The Bertz CT molecular complexity index is 1630. The minimum absolute atomic E-state index is 0.0207. The van der Waals surface area contributed by atoms with E-state index in [1.54, 1.807) is 17.7 Å². The number of hydrogen-bond acceptors (Lipinski definition) is 4. The van der Waals surface area contributed by atoms with Crippen LogP contribution in [0, 0.1) is 6.92 Å². The van der Waals surface area contributed by atoms with Crippen molar-refractivity contribution in [3.63, 3.8) is 0 Å². The quantitative estimate of drug-likeness (QED) is 0.269. The van der Waals surface area contributed by atoms with Gasteiger partial charge in [-0.15, -0.1) is 11.3 Å². The zero-order chi connectivity index (χ0) is 21.3. The van der Waals surface area contributed by atoms with E-state index in [0.717, 1.165) is 38.0 Å². The molecular formula is C27H22N2OS. The third-order valence-electron chi connectivity index (χ3n) is 6.10. The molecule has 3 aromatic heterocycles. The van der Waals surface area contributed by atoms with Gasteiger partial charge in [-0.25, -0.2) is 9.97 Å². The molecule has 0 radical (unpaired) electrons. The Morgan fingerprint density at radius 2 is 1.74 bits per heavy atom. The average Bonchev–Trinajstić information content (AvgIpc) is 3.32. The Morgan fingerprint density at radius 3 is 2.58 bits per heavy atom. The summed E-state index contributed by atoms with van der Waals surface area (Å²) in [7, 11) is 0. The summed E-state index contributed by atoms with van der Waals surface area (Å²) < 4.78 is 7.02. The van der Waals surface area contributed by atoms with Crippen LogP contribution in [0.4, 0.5) is 0 Å². The number of rotatable bonds is 1. The zero-order valence-electron chi connectivity index (χ0n) is 18.0. The highest BCUT2D eigenvalue weighted by atomic mass is 32.1. The number of furan rings is 1. The Balaban J connectivity index is 1.78. The molecular weight excluding hydrogens is 400 g/mol. The van der Waals surface area contributed by atoms with E-state index in [9.17, 15) is 0 Å². The van der Waals surface area contributed by atoms with Gasteiger partial charge in [0.25, 0.3) is 0 Å². The summed E-state index contributed by atoms with van der Waals surface area (Å²) in [6.07, 6.45) is 3.53. The molecule has 0 saturated heterocycles. The molecule has 0 N–H and O–H groups in total. The average molecular weight is 423 g/mol. The molecule has 0 aliphatic rings. The molecule has 152 valence electrons. The van der Waals surface area contributed by atoms with Crippen molar-refractivity contribution in [3.8, 4) is 11.3 Å². The summed E-state index contributed by atoms with van der Waals surface area (Å²) in [6.45, 7) is 8.91. The summed E-state index contributed by atoms with van der Waals surface area (Å²) >= 11 is 1.72. The number of aryl methyl sites for hydroxylation is 1. The van der Waals surface area contributed by atoms with Gasteiger partial charge < -0.3 is 4.42 Å². The Morgan fingerprint density at radius 1 is 0.903 bits per heavy atom. The van der Waals surface area contributed by atoms with Gasteiger partial charge in [-0.1, -0.05) is 45.0 Å². The first-order valence-electron chi connectivity index (χ1n) is 10.5. The van der Waals surface area contributed by atoms with E-state index < -0.39 is 0 Å². The van der Waals surface area contributed by atoms with E-state index in [0.29, 0.717) is 0 Å². The summed E-state index contributed by atoms with van der Waals surface area (Å²) in [4.78, 5) is 10.5. The number of hydrogen-bond donors (Lipinski definition) is 0. The number of aromatic nitrogens is 2. The minimum atomic E-state index is 0.0207. The first kappa shape index (κ1) is 18.5. The van der Waals surface area contributed by atoms with Crippen molar-refractivity contribution >= 4 is 53.4 Å². The molecule has 3 aromatic carbocycles. The number of benzene rings is 3. The van der Waals surface area contributed by atoms with E-state index in [-0.39, 0.29) is 5.41 Å². The molecule has 3 nitrogen and oxygen atoms in total. The highest BCUT2D eigenvalue weighted by Gasteiger charge is 2.21. The molecule has 0 atom stereocenters. The molecule has 6 aromatic rings. The van der Waals surface area contributed by atoms with Crippen LogP contribution in [0.2, 0.25) is 0 Å². The molecule has 0 aliphatic heterocycles. The molecule has 6 rings (SSSR count). The summed E-state index contributed by atoms with van der Waals surface area (Å²) in [5.74, 6) is 0. The zero-order valence-corrected chi connectivity index (χ0v) is 18.8. The maximum Gasteiger partial charge on any atom is 0.134 e. The first-order chi connectivity index (χ1) is 14.9. The van der Waals surface area contributed by atoms with E-state index >= 15 is 0 Å². The summed E-state index contributed by atoms with van der Waals surface area (Å²) in [5.41, 5.74) is 5.52. The lowest BCUT2D eigenvalue weighted by atomic mass is 9.82. The van der Waals surface area contributed by atoms with Gasteiger partial charge >= 0.3 is 0 Å². The van der Waals surface area contributed by atoms with Crippen LogP contribution in [-0.4, -0.2) is 9.97 Å². The van der Waals surface area contributed by atoms with Crippen molar-refractivity contribution in [2.24, 2.45) is 0 Å². The highest BCUT2D eigenvalue weighted by Crippen LogP contribution is 2.44. The fourth-order valence-electron chi connectivity index (χ4n) is 4.66. The predicted octanol–water partition coefficient (Wildman–Crippen LogP) is 8.02. The van der Waals surface area contributed by atoms with Crippen molar-refractivity contribution < 1.29 is 4.42 Å². The lowest BCUT2D eigenvalue weighted by Gasteiger charge is -2.22. The molecule has 31 heavy (non-hydrogen) atoms. The molecule has 0 amide bonds. The fourth-order valence-corrected chi connectivity index (χ4v) is 5.71. The summed E-state index contributed by atoms with van der Waals surface area (Å²) in [6, 6.07) is 17.4. The van der Waals surface area contributed by atoms with Gasteiger partial charge in [0.1, 0.15) is 16.7 Å². The normalized spacial score (nSPS) is 12.5. The van der Waals surface area contributed by atoms with Crippen molar-refractivity contribution in [3.05, 3.63) is 72.2 Å². The fraction of sp³-hybridized carbons (Fsp3) is 0.185. The van der Waals surface area contributed by atoms with Crippen LogP contribution in [0.15, 0.2) is 65.5 Å². The third-order valence-corrected chi connectivity index (χ3v) is 7.16. The van der Waals surface area contributed by atoms with E-state index in [4.69, 9.17) is 9.40 Å². The summed E-state index contributed by atoms with van der Waals surface area (Å²) in [5, 5.41) is 6.02. The van der Waals surface area contributed by atoms with Crippen LogP contribution in [0.5, 0.6) is 0 Å². The van der Waals surface area contributed by atoms with Gasteiger partial charge in [-0.3, -0.25) is 0 Å². The Labute approximate surface area is 184 Å². The maximum absolute atomic E-state index is 5.81. The Hall–Kier alpha value is -3.24. The van der Waals surface area contributed by atoms with E-state index in [2.05, 4.69) is 81.2 Å². The number of fused-ring (bicyclic) bond motifs is 6. The lowest BCUT2D eigenvalue weighted by Crippen LogP contribution is -2.12. The van der Waals surface area contributed by atoms with Crippen molar-refractivity contribution in [1.29, 1.82) is 0 Å². The highest BCUT2D eigenvalue weighted by molar-refractivity contribution is 7.25. The molecule has 3 heterocycles. The lowest BCUT2D eigenvalue weighted by molar-refractivity contribution is 0.596. The van der Waals surface area contributed by atoms with Gasteiger partial charge in [-0.05, 0) is 58.5 Å². The molecule has 0 fully saturated rings. The van der Waals surface area contributed by atoms with Crippen molar-refractivity contribution in [2.75, 3.05) is 0 Å². The van der Waals surface area contributed by atoms with Crippen LogP contribution in [-0.2, 0) is 5.41 Å². The second-order valence-corrected chi connectivity index (χ2v) is 10.3. The van der Waals surface area contributed by atoms with Crippen LogP contribution < -0.4 is 0 Å². The van der Waals surface area contributed by atoms with Crippen molar-refractivity contribution in [1.82, 2.24) is 9.97 Å². The second-order valence-electron chi connectivity index (χ2n) is 9.23. The number of nitrogens with zero attached hydrogens (tertiary/aromatic N) is 2. The molecule has 0 bridgehead atoms. The van der Waals surface area contributed by atoms with E-state index in [1.165, 1.54) is 26.4 Å². The number of thiophene rings is 1. The molecule has 0 unspecified atom stereocenters. The Kier molecular flexibility index (Phi) is 3.81. The smallest absolute Gasteiger partial charge is 0.134 e. The van der Waals surface area contributed by atoms with Gasteiger partial charge in [-0.2, -0.15) is 0 Å². The van der Waals surface area contributed by atoms with Gasteiger partial charge in [0, 0.05) is 26.4 Å². The van der Waals surface area contributed by atoms with Gasteiger partial charge in [0.2, 0.25) is 0 Å². The largest absolute Gasteiger partial charge is 0.464 e. The molecule has 0 saturated carbocycles. The molecule has 0 aliphatic carbocycles. The monoisotopic (exact) mass is 422 g/mol. The van der Waals surface area contributed by atoms with Crippen LogP contribution in [0.3, 0.4) is 0 Å². The van der Waals surface area contributed by atoms with Crippen molar-refractivity contribution in [2.45, 2.75) is 33.1 Å². The minimum Gasteiger partial charge on any atom is -0.464 e. The van der Waals surface area contributed by atoms with E-state index in [1.807, 2.05) is 6.26 Å². The predicted molar refractivity (Wildman–Crippen MR) is 131 cm³/mol.